The number of halogens is 1. The van der Waals surface area contributed by atoms with E-state index in [-0.39, 0.29) is 5.91 Å². The quantitative estimate of drug-likeness (QED) is 0.856. The lowest BCUT2D eigenvalue weighted by molar-refractivity contribution is 0.0786. The molecule has 2 aromatic rings. The minimum Gasteiger partial charge on any atom is -0.497 e. The maximum absolute atomic E-state index is 12.4. The predicted octanol–water partition coefficient (Wildman–Crippen LogP) is 3.37. The summed E-state index contributed by atoms with van der Waals surface area (Å²) in [6.45, 7) is 0.539. The van der Waals surface area contributed by atoms with Crippen LogP contribution in [0, 0.1) is 0 Å². The van der Waals surface area contributed by atoms with Gasteiger partial charge in [-0.25, -0.2) is 0 Å². The summed E-state index contributed by atoms with van der Waals surface area (Å²) in [4.78, 5) is 14.1. The van der Waals surface area contributed by atoms with Gasteiger partial charge in [-0.2, -0.15) is 0 Å². The van der Waals surface area contributed by atoms with Crippen LogP contribution in [0.5, 0.6) is 5.75 Å². The Morgan fingerprint density at radius 3 is 2.80 bits per heavy atom. The molecular formula is C14H15BrN2O2S. The van der Waals surface area contributed by atoms with E-state index in [4.69, 9.17) is 10.5 Å². The van der Waals surface area contributed by atoms with E-state index < -0.39 is 0 Å². The maximum Gasteiger partial charge on any atom is 0.256 e. The highest BCUT2D eigenvalue weighted by Gasteiger charge is 2.16. The number of nitrogens with zero attached hydrogens (tertiary/aromatic N) is 1. The number of ether oxygens (including phenoxy) is 1. The van der Waals surface area contributed by atoms with Crippen LogP contribution in [0.4, 0.5) is 5.69 Å². The van der Waals surface area contributed by atoms with Crippen LogP contribution in [0.25, 0.3) is 0 Å². The summed E-state index contributed by atoms with van der Waals surface area (Å²) in [7, 11) is 3.32. The molecule has 0 radical (unpaired) electrons. The van der Waals surface area contributed by atoms with Gasteiger partial charge < -0.3 is 15.4 Å². The monoisotopic (exact) mass is 354 g/mol. The Labute approximate surface area is 130 Å². The van der Waals surface area contributed by atoms with E-state index in [0.29, 0.717) is 23.5 Å². The van der Waals surface area contributed by atoms with Crippen molar-refractivity contribution in [2.24, 2.45) is 0 Å². The summed E-state index contributed by atoms with van der Waals surface area (Å²) in [5.41, 5.74) is 7.87. The molecule has 0 unspecified atom stereocenters. The molecule has 106 valence electrons. The van der Waals surface area contributed by atoms with Gasteiger partial charge in [-0.15, -0.1) is 11.3 Å². The highest BCUT2D eigenvalue weighted by Crippen LogP contribution is 2.24. The Balaban J connectivity index is 2.17. The Hall–Kier alpha value is -1.53. The van der Waals surface area contributed by atoms with Gasteiger partial charge in [0.1, 0.15) is 5.75 Å². The van der Waals surface area contributed by atoms with Crippen molar-refractivity contribution in [1.29, 1.82) is 0 Å². The van der Waals surface area contributed by atoms with Gasteiger partial charge in [-0.3, -0.25) is 4.79 Å². The molecule has 0 bridgehead atoms. The number of methoxy groups -OCH3 is 1. The first-order valence-electron chi connectivity index (χ1n) is 5.93. The number of benzene rings is 1. The first kappa shape index (κ1) is 14.9. The molecule has 1 amide bonds. The van der Waals surface area contributed by atoms with Crippen molar-refractivity contribution in [1.82, 2.24) is 4.90 Å². The fraction of sp³-hybridized carbons (Fsp3) is 0.214. The molecule has 20 heavy (non-hydrogen) atoms. The second-order valence-electron chi connectivity index (χ2n) is 4.37. The van der Waals surface area contributed by atoms with E-state index in [2.05, 4.69) is 15.9 Å². The number of hydrogen-bond donors (Lipinski definition) is 1. The molecule has 0 aliphatic carbocycles. The maximum atomic E-state index is 12.4. The highest BCUT2D eigenvalue weighted by atomic mass is 79.9. The lowest BCUT2D eigenvalue weighted by Crippen LogP contribution is -2.26. The van der Waals surface area contributed by atoms with Gasteiger partial charge in [0, 0.05) is 19.3 Å². The number of carbonyl (C=O) groups excluding carboxylic acids is 1. The van der Waals surface area contributed by atoms with Gasteiger partial charge in [0.15, 0.2) is 0 Å². The molecule has 6 heteroatoms. The van der Waals surface area contributed by atoms with Gasteiger partial charge >= 0.3 is 0 Å². The predicted molar refractivity (Wildman–Crippen MR) is 85.2 cm³/mol. The summed E-state index contributed by atoms with van der Waals surface area (Å²) in [5.74, 6) is 0.498. The molecule has 0 fully saturated rings. The molecule has 0 saturated heterocycles. The molecule has 1 aromatic carbocycles. The van der Waals surface area contributed by atoms with E-state index >= 15 is 0 Å². The Morgan fingerprint density at radius 2 is 2.20 bits per heavy atom. The number of rotatable bonds is 4. The molecule has 4 nitrogen and oxygen atoms in total. The van der Waals surface area contributed by atoms with Gasteiger partial charge in [0.05, 0.1) is 16.5 Å². The Morgan fingerprint density at radius 1 is 1.45 bits per heavy atom. The molecule has 2 rings (SSSR count). The average molecular weight is 355 g/mol. The molecule has 1 aromatic heterocycles. The molecule has 1 heterocycles. The number of nitrogen functional groups attached to an aromatic ring is 1. The number of carbonyl (C=O) groups is 1. The van der Waals surface area contributed by atoms with Gasteiger partial charge in [-0.05, 0) is 51.1 Å². The van der Waals surface area contributed by atoms with Crippen molar-refractivity contribution < 1.29 is 9.53 Å². The molecule has 0 aliphatic rings. The number of amides is 1. The van der Waals surface area contributed by atoms with Gasteiger partial charge in [0.2, 0.25) is 0 Å². The minimum atomic E-state index is -0.122. The lowest BCUT2D eigenvalue weighted by atomic mass is 10.1. The smallest absolute Gasteiger partial charge is 0.256 e. The third kappa shape index (κ3) is 3.32. The van der Waals surface area contributed by atoms with Crippen molar-refractivity contribution in [3.8, 4) is 5.75 Å². The van der Waals surface area contributed by atoms with Crippen molar-refractivity contribution in [2.75, 3.05) is 19.9 Å². The Bertz CT molecular complexity index is 627. The van der Waals surface area contributed by atoms with E-state index in [1.165, 1.54) is 0 Å². The van der Waals surface area contributed by atoms with Crippen LogP contribution in [0.2, 0.25) is 0 Å². The van der Waals surface area contributed by atoms with Crippen molar-refractivity contribution in [2.45, 2.75) is 6.54 Å². The van der Waals surface area contributed by atoms with Crippen LogP contribution in [0.1, 0.15) is 15.9 Å². The third-order valence-corrected chi connectivity index (χ3v) is 4.43. The van der Waals surface area contributed by atoms with Crippen LogP contribution < -0.4 is 10.5 Å². The average Bonchev–Trinajstić information content (AvgIpc) is 2.84. The van der Waals surface area contributed by atoms with Crippen molar-refractivity contribution in [3.05, 3.63) is 44.6 Å². The lowest BCUT2D eigenvalue weighted by Gasteiger charge is -2.18. The number of hydrogen-bond acceptors (Lipinski definition) is 4. The molecular weight excluding hydrogens is 340 g/mol. The summed E-state index contributed by atoms with van der Waals surface area (Å²) in [6.07, 6.45) is 0. The summed E-state index contributed by atoms with van der Waals surface area (Å²) >= 11 is 5.01. The zero-order valence-electron chi connectivity index (χ0n) is 11.2. The van der Waals surface area contributed by atoms with Crippen LogP contribution in [-0.4, -0.2) is 25.0 Å². The SMILES string of the molecule is COc1ccc(N)c(C(=O)N(C)Cc2csc(Br)c2)c1. The second-order valence-corrected chi connectivity index (χ2v) is 6.66. The summed E-state index contributed by atoms with van der Waals surface area (Å²) in [6, 6.07) is 7.09. The largest absolute Gasteiger partial charge is 0.497 e. The van der Waals surface area contributed by atoms with Crippen LogP contribution in [0.15, 0.2) is 33.4 Å². The standard InChI is InChI=1S/C14H15BrN2O2S/c1-17(7-9-5-13(15)20-8-9)14(18)11-6-10(19-2)3-4-12(11)16/h3-6,8H,7,16H2,1-2H3. The zero-order valence-corrected chi connectivity index (χ0v) is 13.6. The fourth-order valence-corrected chi connectivity index (χ4v) is 3.03. The number of nitrogens with two attached hydrogens (primary N) is 1. The molecule has 0 saturated carbocycles. The van der Waals surface area contributed by atoms with Gasteiger partial charge in [-0.1, -0.05) is 0 Å². The molecule has 2 N–H and O–H groups in total. The van der Waals surface area contributed by atoms with Gasteiger partial charge in [0.25, 0.3) is 5.91 Å². The second kappa shape index (κ2) is 6.28. The third-order valence-electron chi connectivity index (χ3n) is 2.88. The summed E-state index contributed by atoms with van der Waals surface area (Å²) < 4.78 is 6.18. The Kier molecular flexibility index (Phi) is 4.67. The van der Waals surface area contributed by atoms with Crippen LogP contribution >= 0.6 is 27.3 Å². The molecule has 0 aliphatic heterocycles. The topological polar surface area (TPSA) is 55.6 Å². The van der Waals surface area contributed by atoms with E-state index in [0.717, 1.165) is 9.35 Å². The normalized spacial score (nSPS) is 10.3. The van der Waals surface area contributed by atoms with E-state index in [9.17, 15) is 4.79 Å². The van der Waals surface area contributed by atoms with E-state index in [1.54, 1.807) is 48.6 Å². The van der Waals surface area contributed by atoms with Crippen LogP contribution in [0.3, 0.4) is 0 Å². The summed E-state index contributed by atoms with van der Waals surface area (Å²) in [5, 5.41) is 2.02. The fourth-order valence-electron chi connectivity index (χ4n) is 1.83. The zero-order chi connectivity index (χ0) is 14.7. The van der Waals surface area contributed by atoms with E-state index in [1.807, 2.05) is 11.4 Å². The minimum absolute atomic E-state index is 0.122. The highest BCUT2D eigenvalue weighted by molar-refractivity contribution is 9.11. The first-order chi connectivity index (χ1) is 9.51. The van der Waals surface area contributed by atoms with Crippen LogP contribution in [-0.2, 0) is 6.54 Å². The van der Waals surface area contributed by atoms with Crippen molar-refractivity contribution >= 4 is 38.9 Å². The molecule has 0 atom stereocenters. The first-order valence-corrected chi connectivity index (χ1v) is 7.60. The molecule has 0 spiro atoms. The number of anilines is 1. The van der Waals surface area contributed by atoms with Crippen molar-refractivity contribution in [3.63, 3.8) is 0 Å². The number of thiophene rings is 1.